The summed E-state index contributed by atoms with van der Waals surface area (Å²) in [7, 11) is 0. The molecule has 2 aliphatic rings. The second-order valence-corrected chi connectivity index (χ2v) is 6.19. The Bertz CT molecular complexity index is 489. The van der Waals surface area contributed by atoms with E-state index in [1.165, 1.54) is 18.9 Å². The molecular weight excluding hydrogens is 297 g/mol. The Hall–Kier alpha value is -0.900. The molecule has 1 spiro atoms. The third-order valence-electron chi connectivity index (χ3n) is 4.25. The van der Waals surface area contributed by atoms with Crippen LogP contribution in [0.15, 0.2) is 22.7 Å². The molecule has 4 heteroatoms. The van der Waals surface area contributed by atoms with Crippen LogP contribution in [-0.2, 0) is 0 Å². The lowest BCUT2D eigenvalue weighted by molar-refractivity contribution is 0.0677. The van der Waals surface area contributed by atoms with Crippen molar-refractivity contribution in [3.8, 4) is 0 Å². The lowest BCUT2D eigenvalue weighted by Crippen LogP contribution is -2.39. The first kappa shape index (κ1) is 12.2. The quantitative estimate of drug-likeness (QED) is 0.776. The topological polar surface area (TPSA) is 20.3 Å². The fourth-order valence-corrected chi connectivity index (χ4v) is 3.13. The lowest BCUT2D eigenvalue weighted by atomic mass is 9.93. The van der Waals surface area contributed by atoms with Gasteiger partial charge < -0.3 is 4.90 Å². The van der Waals surface area contributed by atoms with E-state index in [4.69, 9.17) is 0 Å². The molecule has 18 heavy (non-hydrogen) atoms. The number of halogens is 2. The number of likely N-dealkylation sites (tertiary alicyclic amines) is 1. The molecule has 0 bridgehead atoms. The molecule has 1 heterocycles. The van der Waals surface area contributed by atoms with Gasteiger partial charge >= 0.3 is 0 Å². The highest BCUT2D eigenvalue weighted by molar-refractivity contribution is 9.10. The highest BCUT2D eigenvalue weighted by Crippen LogP contribution is 2.53. The number of carbonyl (C=O) groups is 1. The van der Waals surface area contributed by atoms with Gasteiger partial charge in [-0.25, -0.2) is 4.39 Å². The minimum absolute atomic E-state index is 0.0584. The highest BCUT2D eigenvalue weighted by Gasteiger charge is 2.45. The van der Waals surface area contributed by atoms with Crippen LogP contribution in [0.1, 0.15) is 36.0 Å². The number of carbonyl (C=O) groups excluding carboxylic acids is 1. The van der Waals surface area contributed by atoms with Gasteiger partial charge in [-0.3, -0.25) is 4.79 Å². The standard InChI is InChI=1S/C14H15BrFNO/c15-12-10(2-1-3-11(12)16)13(18)17-8-6-14(4-5-14)7-9-17/h1-3H,4-9H2. The van der Waals surface area contributed by atoms with Gasteiger partial charge in [0.1, 0.15) is 5.82 Å². The van der Waals surface area contributed by atoms with Crippen molar-refractivity contribution in [3.63, 3.8) is 0 Å². The number of rotatable bonds is 1. The van der Waals surface area contributed by atoms with Crippen molar-refractivity contribution in [2.75, 3.05) is 13.1 Å². The summed E-state index contributed by atoms with van der Waals surface area (Å²) in [6.45, 7) is 1.61. The number of benzene rings is 1. The molecule has 3 rings (SSSR count). The van der Waals surface area contributed by atoms with E-state index >= 15 is 0 Å². The van der Waals surface area contributed by atoms with E-state index in [-0.39, 0.29) is 16.2 Å². The van der Waals surface area contributed by atoms with Crippen molar-refractivity contribution >= 4 is 21.8 Å². The zero-order chi connectivity index (χ0) is 12.8. The van der Waals surface area contributed by atoms with Crippen molar-refractivity contribution in [2.24, 2.45) is 5.41 Å². The summed E-state index contributed by atoms with van der Waals surface area (Å²) in [6.07, 6.45) is 4.84. The van der Waals surface area contributed by atoms with Crippen molar-refractivity contribution in [3.05, 3.63) is 34.1 Å². The Morgan fingerprint density at radius 2 is 1.89 bits per heavy atom. The van der Waals surface area contributed by atoms with E-state index in [9.17, 15) is 9.18 Å². The minimum Gasteiger partial charge on any atom is -0.339 e. The Labute approximate surface area is 114 Å². The first-order valence-corrected chi connectivity index (χ1v) is 7.14. The second kappa shape index (κ2) is 4.34. The molecule has 1 amide bonds. The summed E-state index contributed by atoms with van der Waals surface area (Å²) >= 11 is 3.16. The summed E-state index contributed by atoms with van der Waals surface area (Å²) in [4.78, 5) is 14.2. The average Bonchev–Trinajstić information content (AvgIpc) is 3.13. The zero-order valence-corrected chi connectivity index (χ0v) is 11.7. The first-order valence-electron chi connectivity index (χ1n) is 6.35. The Morgan fingerprint density at radius 3 is 2.50 bits per heavy atom. The zero-order valence-electron chi connectivity index (χ0n) is 10.1. The average molecular weight is 312 g/mol. The summed E-state index contributed by atoms with van der Waals surface area (Å²) < 4.78 is 13.7. The number of hydrogen-bond acceptors (Lipinski definition) is 1. The number of hydrogen-bond donors (Lipinski definition) is 0. The molecule has 0 atom stereocenters. The smallest absolute Gasteiger partial charge is 0.255 e. The Kier molecular flexibility index (Phi) is 2.93. The molecule has 1 saturated carbocycles. The van der Waals surface area contributed by atoms with E-state index in [0.717, 1.165) is 25.9 Å². The van der Waals surface area contributed by atoms with Gasteiger partial charge in [-0.2, -0.15) is 0 Å². The Morgan fingerprint density at radius 1 is 1.22 bits per heavy atom. The summed E-state index contributed by atoms with van der Waals surface area (Å²) in [5, 5.41) is 0. The minimum atomic E-state index is -0.378. The van der Waals surface area contributed by atoms with Gasteiger partial charge in [-0.15, -0.1) is 0 Å². The number of piperidine rings is 1. The van der Waals surface area contributed by atoms with E-state index < -0.39 is 0 Å². The number of nitrogens with zero attached hydrogens (tertiary/aromatic N) is 1. The van der Waals surface area contributed by atoms with Crippen molar-refractivity contribution < 1.29 is 9.18 Å². The molecule has 2 fully saturated rings. The fourth-order valence-electron chi connectivity index (χ4n) is 2.70. The van der Waals surface area contributed by atoms with Crippen LogP contribution in [0.4, 0.5) is 4.39 Å². The van der Waals surface area contributed by atoms with Crippen LogP contribution in [0, 0.1) is 11.2 Å². The lowest BCUT2D eigenvalue weighted by Gasteiger charge is -2.32. The molecule has 1 aliphatic carbocycles. The van der Waals surface area contributed by atoms with Crippen LogP contribution in [-0.4, -0.2) is 23.9 Å². The third-order valence-corrected chi connectivity index (χ3v) is 5.06. The van der Waals surface area contributed by atoms with Crippen LogP contribution < -0.4 is 0 Å². The van der Waals surface area contributed by atoms with Gasteiger partial charge in [0.15, 0.2) is 0 Å². The van der Waals surface area contributed by atoms with Crippen LogP contribution in [0.2, 0.25) is 0 Å². The highest BCUT2D eigenvalue weighted by atomic mass is 79.9. The molecule has 0 unspecified atom stereocenters. The summed E-state index contributed by atoms with van der Waals surface area (Å²) in [5.74, 6) is -0.437. The molecule has 1 aliphatic heterocycles. The maximum absolute atomic E-state index is 13.4. The van der Waals surface area contributed by atoms with Gasteiger partial charge in [0.25, 0.3) is 5.91 Å². The molecule has 0 N–H and O–H groups in total. The third kappa shape index (κ3) is 2.07. The van der Waals surface area contributed by atoms with Gasteiger partial charge in [0, 0.05) is 13.1 Å². The summed E-state index contributed by atoms with van der Waals surface area (Å²) in [5.41, 5.74) is 0.984. The molecule has 2 nitrogen and oxygen atoms in total. The van der Waals surface area contributed by atoms with Crippen LogP contribution in [0.25, 0.3) is 0 Å². The normalized spacial score (nSPS) is 21.1. The van der Waals surface area contributed by atoms with Crippen LogP contribution >= 0.6 is 15.9 Å². The van der Waals surface area contributed by atoms with Crippen LogP contribution in [0.5, 0.6) is 0 Å². The molecule has 1 saturated heterocycles. The molecule has 1 aromatic rings. The maximum Gasteiger partial charge on any atom is 0.255 e. The second-order valence-electron chi connectivity index (χ2n) is 5.39. The number of amides is 1. The summed E-state index contributed by atoms with van der Waals surface area (Å²) in [6, 6.07) is 4.62. The molecule has 96 valence electrons. The van der Waals surface area contributed by atoms with Crippen molar-refractivity contribution in [1.82, 2.24) is 4.90 Å². The van der Waals surface area contributed by atoms with Gasteiger partial charge in [0.2, 0.25) is 0 Å². The molecule has 1 aromatic carbocycles. The first-order chi connectivity index (χ1) is 8.61. The predicted octanol–water partition coefficient (Wildman–Crippen LogP) is 3.60. The fraction of sp³-hybridized carbons (Fsp3) is 0.500. The molecule has 0 radical (unpaired) electrons. The van der Waals surface area contributed by atoms with E-state index in [2.05, 4.69) is 15.9 Å². The van der Waals surface area contributed by atoms with Gasteiger partial charge in [-0.05, 0) is 59.2 Å². The van der Waals surface area contributed by atoms with E-state index in [1.807, 2.05) is 4.90 Å². The van der Waals surface area contributed by atoms with E-state index in [0.29, 0.717) is 11.0 Å². The van der Waals surface area contributed by atoms with E-state index in [1.54, 1.807) is 12.1 Å². The van der Waals surface area contributed by atoms with Crippen molar-refractivity contribution in [1.29, 1.82) is 0 Å². The predicted molar refractivity (Wildman–Crippen MR) is 70.9 cm³/mol. The van der Waals surface area contributed by atoms with Crippen molar-refractivity contribution in [2.45, 2.75) is 25.7 Å². The molecule has 0 aromatic heterocycles. The largest absolute Gasteiger partial charge is 0.339 e. The SMILES string of the molecule is O=C(c1cccc(F)c1Br)N1CCC2(CC1)CC2. The monoisotopic (exact) mass is 311 g/mol. The van der Waals surface area contributed by atoms with Crippen LogP contribution in [0.3, 0.4) is 0 Å². The Balaban J connectivity index is 1.76. The van der Waals surface area contributed by atoms with Gasteiger partial charge in [-0.1, -0.05) is 6.07 Å². The van der Waals surface area contributed by atoms with Gasteiger partial charge in [0.05, 0.1) is 10.0 Å². The molecular formula is C14H15BrFNO. The maximum atomic E-state index is 13.4.